The van der Waals surface area contributed by atoms with E-state index in [1.165, 1.54) is 24.4 Å². The number of Topliss-reactive ketones (excluding diaryl/α,β-unsaturated/α-hetero) is 1. The first-order chi connectivity index (χ1) is 20.3. The summed E-state index contributed by atoms with van der Waals surface area (Å²) in [6, 6.07) is 8.19. The summed E-state index contributed by atoms with van der Waals surface area (Å²) in [6.07, 6.45) is -3.31. The van der Waals surface area contributed by atoms with Gasteiger partial charge in [-0.05, 0) is 54.3 Å². The number of amides is 2. The molecule has 2 aliphatic carbocycles. The van der Waals surface area contributed by atoms with E-state index < -0.39 is 71.0 Å². The Labute approximate surface area is 239 Å². The molecule has 0 saturated heterocycles. The Morgan fingerprint density at radius 1 is 1.05 bits per heavy atom. The molecule has 2 fully saturated rings. The molecule has 43 heavy (non-hydrogen) atoms. The highest BCUT2D eigenvalue weighted by molar-refractivity contribution is 6.32. The quantitative estimate of drug-likeness (QED) is 0.300. The maximum atomic E-state index is 14.2. The van der Waals surface area contributed by atoms with E-state index in [9.17, 15) is 40.7 Å². The Kier molecular flexibility index (Phi) is 6.70. The number of primary amides is 1. The first-order valence-corrected chi connectivity index (χ1v) is 13.1. The average molecular weight is 600 g/mol. The molecule has 3 N–H and O–H groups in total. The molecule has 2 saturated carbocycles. The number of ketones is 1. The van der Waals surface area contributed by atoms with Gasteiger partial charge in [-0.3, -0.25) is 19.4 Å². The molecular formula is C30H21F6N4O3+. The fourth-order valence-corrected chi connectivity index (χ4v) is 5.90. The van der Waals surface area contributed by atoms with Crippen LogP contribution in [0.1, 0.15) is 34.1 Å². The number of carbonyl (C=O) groups is 3. The lowest BCUT2D eigenvalue weighted by molar-refractivity contribution is -0.507. The predicted molar refractivity (Wildman–Crippen MR) is 139 cm³/mol. The minimum absolute atomic E-state index is 0.107. The molecule has 0 bridgehead atoms. The Bertz CT molecular complexity index is 1780. The highest BCUT2D eigenvalue weighted by atomic mass is 19.4. The van der Waals surface area contributed by atoms with Crippen molar-refractivity contribution >= 4 is 23.3 Å². The smallest absolute Gasteiger partial charge is 0.366 e. The fraction of sp³-hybridized carbons (Fsp3) is 0.233. The first-order valence-electron chi connectivity index (χ1n) is 13.1. The van der Waals surface area contributed by atoms with Crippen molar-refractivity contribution in [2.45, 2.75) is 25.1 Å². The molecule has 2 amide bonds. The highest BCUT2D eigenvalue weighted by Crippen LogP contribution is 2.55. The van der Waals surface area contributed by atoms with E-state index in [-0.39, 0.29) is 40.4 Å². The number of pyridine rings is 1. The van der Waals surface area contributed by atoms with Gasteiger partial charge in [-0.2, -0.15) is 17.7 Å². The number of hydrogen-bond acceptors (Lipinski definition) is 4. The number of fused-ring (bicyclic) bond motifs is 3. The number of nitrogens with zero attached hydrogens (tertiary/aromatic N) is 2. The molecule has 1 aliphatic heterocycles. The molecule has 7 nitrogen and oxygen atoms in total. The van der Waals surface area contributed by atoms with Crippen molar-refractivity contribution in [2.75, 3.05) is 6.54 Å². The molecule has 220 valence electrons. The number of nitrogens with one attached hydrogen (secondary N) is 1. The van der Waals surface area contributed by atoms with E-state index in [0.717, 1.165) is 22.8 Å². The molecule has 2 heterocycles. The van der Waals surface area contributed by atoms with Gasteiger partial charge in [-0.1, -0.05) is 12.1 Å². The topological polar surface area (TPSA) is 105 Å². The summed E-state index contributed by atoms with van der Waals surface area (Å²) >= 11 is 0. The van der Waals surface area contributed by atoms with Gasteiger partial charge in [0.15, 0.2) is 11.4 Å². The Balaban J connectivity index is 1.36. The van der Waals surface area contributed by atoms with E-state index in [4.69, 9.17) is 5.73 Å². The molecule has 3 aliphatic rings. The van der Waals surface area contributed by atoms with Crippen LogP contribution >= 0.6 is 0 Å². The van der Waals surface area contributed by atoms with Crippen LogP contribution < -0.4 is 11.1 Å². The van der Waals surface area contributed by atoms with Crippen LogP contribution in [0.5, 0.6) is 0 Å². The van der Waals surface area contributed by atoms with Gasteiger partial charge < -0.3 is 11.1 Å². The number of aromatic nitrogens is 1. The Hall–Kier alpha value is -4.81. The van der Waals surface area contributed by atoms with Crippen molar-refractivity contribution in [3.8, 4) is 11.1 Å². The van der Waals surface area contributed by atoms with Crippen LogP contribution in [0.2, 0.25) is 0 Å². The van der Waals surface area contributed by atoms with E-state index >= 15 is 0 Å². The van der Waals surface area contributed by atoms with Crippen LogP contribution in [-0.4, -0.2) is 45.6 Å². The van der Waals surface area contributed by atoms with E-state index in [2.05, 4.69) is 10.3 Å². The van der Waals surface area contributed by atoms with E-state index in [0.29, 0.717) is 18.1 Å². The second-order valence-corrected chi connectivity index (χ2v) is 10.6. The second kappa shape index (κ2) is 10.2. The largest absolute Gasteiger partial charge is 0.478 e. The van der Waals surface area contributed by atoms with Crippen LogP contribution in [0, 0.1) is 29.3 Å². The Morgan fingerprint density at radius 3 is 2.44 bits per heavy atom. The van der Waals surface area contributed by atoms with Crippen molar-refractivity contribution in [3.63, 3.8) is 0 Å². The molecule has 0 spiro atoms. The molecule has 6 rings (SSSR count). The number of hydrogen-bond donors (Lipinski definition) is 2. The lowest BCUT2D eigenvalue weighted by atomic mass is 9.94. The average Bonchev–Trinajstić information content (AvgIpc) is 3.64. The number of allylic oxidation sites excluding steroid dienone is 2. The zero-order chi connectivity index (χ0) is 30.8. The minimum Gasteiger partial charge on any atom is -0.366 e. The molecule has 0 radical (unpaired) electrons. The third-order valence-corrected chi connectivity index (χ3v) is 7.76. The van der Waals surface area contributed by atoms with Gasteiger partial charge in [0.05, 0.1) is 23.2 Å². The first kappa shape index (κ1) is 28.3. The van der Waals surface area contributed by atoms with Crippen molar-refractivity contribution in [2.24, 2.45) is 17.6 Å². The summed E-state index contributed by atoms with van der Waals surface area (Å²) < 4.78 is 84.7. The maximum absolute atomic E-state index is 14.2. The van der Waals surface area contributed by atoms with Crippen LogP contribution in [0.3, 0.4) is 0 Å². The maximum Gasteiger partial charge on any atom is 0.478 e. The van der Waals surface area contributed by atoms with Gasteiger partial charge >= 0.3 is 11.9 Å². The van der Waals surface area contributed by atoms with Gasteiger partial charge in [-0.25, -0.2) is 13.2 Å². The molecule has 13 heteroatoms. The van der Waals surface area contributed by atoms with Crippen molar-refractivity contribution < 1.29 is 45.3 Å². The summed E-state index contributed by atoms with van der Waals surface area (Å²) in [5.41, 5.74) is 4.34. The van der Waals surface area contributed by atoms with E-state index in [1.807, 2.05) is 0 Å². The lowest BCUT2D eigenvalue weighted by Gasteiger charge is -2.24. The predicted octanol–water partition coefficient (Wildman–Crippen LogP) is 4.17. The van der Waals surface area contributed by atoms with Gasteiger partial charge in [-0.15, -0.1) is 0 Å². The number of nitrogens with two attached hydrogens (primary N) is 1. The van der Waals surface area contributed by atoms with Gasteiger partial charge in [0.2, 0.25) is 12.3 Å². The molecule has 3 unspecified atom stereocenters. The summed E-state index contributed by atoms with van der Waals surface area (Å²) in [5, 5.41) is 2.63. The molecule has 2 aromatic carbocycles. The number of benzene rings is 2. The van der Waals surface area contributed by atoms with Crippen molar-refractivity contribution in [1.29, 1.82) is 0 Å². The fourth-order valence-electron chi connectivity index (χ4n) is 5.90. The van der Waals surface area contributed by atoms with E-state index in [1.54, 1.807) is 6.07 Å². The molecular weight excluding hydrogens is 578 g/mol. The zero-order valence-electron chi connectivity index (χ0n) is 22.0. The third kappa shape index (κ3) is 5.08. The van der Waals surface area contributed by atoms with Crippen LogP contribution in [0.4, 0.5) is 26.3 Å². The SMILES string of the molecule is NC(=O)c1cc(-c2cccnc2C(Cc2cc(F)cc(F)c2)NC(=O)C[N+]2=C3C(=C2C(F)(F)F)C(=O)C2CC32)ccc1F. The zero-order valence-corrected chi connectivity index (χ0v) is 22.0. The van der Waals surface area contributed by atoms with Crippen molar-refractivity contribution in [3.05, 3.63) is 100 Å². The van der Waals surface area contributed by atoms with Crippen LogP contribution in [0.15, 0.2) is 66.0 Å². The Morgan fingerprint density at radius 2 is 1.77 bits per heavy atom. The normalized spacial score (nSPS) is 19.5. The summed E-state index contributed by atoms with van der Waals surface area (Å²) in [4.78, 5) is 41.8. The standard InChI is InChI=1S/C30H20F6N4O3/c31-15-6-13(7-16(32)10-15)8-22(25-17(2-1-5-38-25)14-3-4-21(33)20(9-14)29(37)43)39-23(41)12-40-26-18-11-19(18)27(42)24(26)28(40)30(34,35)36/h1-7,9-10,18-19,22H,8,11-12H2,(H2-,37,39,41,43)/p+1. The van der Waals surface area contributed by atoms with Gasteiger partial charge in [0.1, 0.15) is 17.5 Å². The number of alkyl halides is 3. The van der Waals surface area contributed by atoms with Crippen LogP contribution in [-0.2, 0) is 16.0 Å². The number of rotatable bonds is 8. The monoisotopic (exact) mass is 599 g/mol. The highest BCUT2D eigenvalue weighted by Gasteiger charge is 2.70. The van der Waals surface area contributed by atoms with Crippen LogP contribution in [0.25, 0.3) is 11.1 Å². The summed E-state index contributed by atoms with van der Waals surface area (Å²) in [7, 11) is 0. The van der Waals surface area contributed by atoms with Crippen molar-refractivity contribution in [1.82, 2.24) is 10.3 Å². The second-order valence-electron chi connectivity index (χ2n) is 10.6. The number of halogens is 6. The summed E-state index contributed by atoms with van der Waals surface area (Å²) in [6.45, 7) is -0.761. The van der Waals surface area contributed by atoms with Gasteiger partial charge in [0, 0.05) is 23.7 Å². The molecule has 3 aromatic rings. The summed E-state index contributed by atoms with van der Waals surface area (Å²) in [5.74, 6) is -5.97. The minimum atomic E-state index is -4.86. The number of carbonyl (C=O) groups excluding carboxylic acids is 3. The molecule has 1 aromatic heterocycles. The molecule has 3 atom stereocenters. The third-order valence-electron chi connectivity index (χ3n) is 7.76. The van der Waals surface area contributed by atoms with Gasteiger partial charge in [0.25, 0.3) is 11.8 Å². The lowest BCUT2D eigenvalue weighted by Crippen LogP contribution is -2.46.